The molecule has 97 valence electrons. The molecule has 0 amide bonds. The van der Waals surface area contributed by atoms with E-state index in [1.807, 2.05) is 20.8 Å². The molecule has 17 heavy (non-hydrogen) atoms. The molecule has 0 saturated heterocycles. The molecule has 0 bridgehead atoms. The zero-order valence-corrected chi connectivity index (χ0v) is 11.0. The smallest absolute Gasteiger partial charge is 0.303 e. The molecule has 1 atom stereocenters. The summed E-state index contributed by atoms with van der Waals surface area (Å²) in [7, 11) is 0. The fraction of sp³-hybridized carbons (Fsp3) is 0.833. The van der Waals surface area contributed by atoms with Crippen LogP contribution in [0.1, 0.15) is 53.4 Å². The number of rotatable bonds is 5. The van der Waals surface area contributed by atoms with Gasteiger partial charge in [0.25, 0.3) is 0 Å². The van der Waals surface area contributed by atoms with Crippen LogP contribution < -0.4 is 0 Å². The Labute approximate surface area is 102 Å². The van der Waals surface area contributed by atoms with Crippen molar-refractivity contribution in [1.82, 2.24) is 5.06 Å². The van der Waals surface area contributed by atoms with Gasteiger partial charge in [0.05, 0.1) is 5.54 Å². The summed E-state index contributed by atoms with van der Waals surface area (Å²) >= 11 is 0. The fourth-order valence-electron chi connectivity index (χ4n) is 2.67. The van der Waals surface area contributed by atoms with Gasteiger partial charge < -0.3 is 5.11 Å². The van der Waals surface area contributed by atoms with Gasteiger partial charge in [0.2, 0.25) is 0 Å². The second kappa shape index (κ2) is 4.74. The largest absolute Gasteiger partial charge is 0.481 e. The van der Waals surface area contributed by atoms with Gasteiger partial charge in [0.1, 0.15) is 5.66 Å². The highest BCUT2D eigenvalue weighted by Gasteiger charge is 2.52. The lowest BCUT2D eigenvalue weighted by molar-refractivity contribution is -0.256. The second-order valence-electron chi connectivity index (χ2n) is 4.84. The average molecular weight is 241 g/mol. The van der Waals surface area contributed by atoms with Gasteiger partial charge >= 0.3 is 5.97 Å². The third-order valence-electron chi connectivity index (χ3n) is 3.89. The zero-order chi connectivity index (χ0) is 13.3. The number of nitrogens with zero attached hydrogens (tertiary/aromatic N) is 2. The lowest BCUT2D eigenvalue weighted by Gasteiger charge is -2.37. The summed E-state index contributed by atoms with van der Waals surface area (Å²) in [6.07, 6.45) is 1.62. The second-order valence-corrected chi connectivity index (χ2v) is 4.84. The van der Waals surface area contributed by atoms with Crippen molar-refractivity contribution in [2.24, 2.45) is 4.99 Å². The van der Waals surface area contributed by atoms with Crippen LogP contribution in [0.25, 0.3) is 0 Å². The molecular weight excluding hydrogens is 220 g/mol. The molecule has 5 nitrogen and oxygen atoms in total. The number of hydrogen-bond acceptors (Lipinski definition) is 3. The molecule has 0 aromatic heterocycles. The van der Waals surface area contributed by atoms with Crippen LogP contribution in [0, 0.1) is 0 Å². The van der Waals surface area contributed by atoms with Crippen LogP contribution in [-0.4, -0.2) is 33.1 Å². The molecule has 1 N–H and O–H groups in total. The first-order valence-electron chi connectivity index (χ1n) is 6.08. The molecule has 1 rings (SSSR count). The van der Waals surface area contributed by atoms with E-state index in [9.17, 15) is 10.0 Å². The summed E-state index contributed by atoms with van der Waals surface area (Å²) in [6, 6.07) is 0. The van der Waals surface area contributed by atoms with E-state index in [0.717, 1.165) is 10.8 Å². The Morgan fingerprint density at radius 2 is 1.94 bits per heavy atom. The third kappa shape index (κ3) is 2.21. The molecule has 5 heteroatoms. The minimum absolute atomic E-state index is 0.0322. The van der Waals surface area contributed by atoms with E-state index in [1.54, 1.807) is 6.92 Å². The van der Waals surface area contributed by atoms with Crippen LogP contribution in [0.2, 0.25) is 0 Å². The Morgan fingerprint density at radius 1 is 1.41 bits per heavy atom. The number of aliphatic imine (C=N–C) groups is 1. The molecule has 0 spiro atoms. The number of carbonyl (C=O) groups is 1. The standard InChI is InChI=1S/C12H21N2O3/c1-5-12(6-2)9(3)13-11(4,14(12)17)8-7-10(15)16/h5-8H2,1-4H3,(H,15,16). The van der Waals surface area contributed by atoms with Gasteiger partial charge in [0.15, 0.2) is 0 Å². The number of hydroxylamine groups is 2. The Hall–Kier alpha value is -0.940. The first-order valence-corrected chi connectivity index (χ1v) is 6.08. The number of hydrogen-bond donors (Lipinski definition) is 1. The molecule has 0 fully saturated rings. The molecule has 1 radical (unpaired) electrons. The third-order valence-corrected chi connectivity index (χ3v) is 3.89. The first-order chi connectivity index (χ1) is 7.82. The van der Waals surface area contributed by atoms with Crippen molar-refractivity contribution in [3.05, 3.63) is 0 Å². The van der Waals surface area contributed by atoms with E-state index in [0.29, 0.717) is 12.8 Å². The Morgan fingerprint density at radius 3 is 2.29 bits per heavy atom. The Bertz CT molecular complexity index is 337. The van der Waals surface area contributed by atoms with Gasteiger partial charge in [-0.05, 0) is 33.1 Å². The fourth-order valence-corrected chi connectivity index (χ4v) is 2.67. The minimum atomic E-state index is -0.922. The predicted octanol–water partition coefficient (Wildman–Crippen LogP) is 2.25. The molecule has 1 unspecified atom stereocenters. The normalized spacial score (nSPS) is 28.2. The van der Waals surface area contributed by atoms with Crippen molar-refractivity contribution in [1.29, 1.82) is 0 Å². The van der Waals surface area contributed by atoms with Crippen molar-refractivity contribution in [3.63, 3.8) is 0 Å². The summed E-state index contributed by atoms with van der Waals surface area (Å²) in [6.45, 7) is 7.52. The first kappa shape index (κ1) is 14.1. The molecule has 0 saturated carbocycles. The number of aliphatic carboxylic acids is 1. The monoisotopic (exact) mass is 241 g/mol. The van der Waals surface area contributed by atoms with Crippen molar-refractivity contribution in [3.8, 4) is 0 Å². The Kier molecular flexibility index (Phi) is 3.94. The summed E-state index contributed by atoms with van der Waals surface area (Å²) < 4.78 is 0. The maximum Gasteiger partial charge on any atom is 0.303 e. The van der Waals surface area contributed by atoms with E-state index < -0.39 is 17.2 Å². The van der Waals surface area contributed by atoms with Crippen LogP contribution in [0.15, 0.2) is 4.99 Å². The Balaban J connectivity index is 2.96. The summed E-state index contributed by atoms with van der Waals surface area (Å²) in [5, 5.41) is 22.2. The van der Waals surface area contributed by atoms with E-state index in [1.165, 1.54) is 0 Å². The highest BCUT2D eigenvalue weighted by Crippen LogP contribution is 2.40. The molecule has 0 aromatic carbocycles. The van der Waals surface area contributed by atoms with Gasteiger partial charge in [-0.25, -0.2) is 0 Å². The van der Waals surface area contributed by atoms with Gasteiger partial charge in [-0.1, -0.05) is 13.8 Å². The van der Waals surface area contributed by atoms with E-state index in [2.05, 4.69) is 4.99 Å². The summed E-state index contributed by atoms with van der Waals surface area (Å²) in [5.41, 5.74) is -0.646. The van der Waals surface area contributed by atoms with E-state index >= 15 is 0 Å². The predicted molar refractivity (Wildman–Crippen MR) is 64.2 cm³/mol. The SMILES string of the molecule is CCC1(CC)C(C)=NC(C)(CCC(=O)O)N1[O]. The topological polar surface area (TPSA) is 72.8 Å². The van der Waals surface area contributed by atoms with Crippen LogP contribution in [0.3, 0.4) is 0 Å². The van der Waals surface area contributed by atoms with Gasteiger partial charge in [-0.3, -0.25) is 9.79 Å². The number of carboxylic acids is 1. The highest BCUT2D eigenvalue weighted by molar-refractivity contribution is 5.93. The molecule has 1 aliphatic rings. The maximum absolute atomic E-state index is 12.4. The molecule has 0 aromatic rings. The lowest BCUT2D eigenvalue weighted by atomic mass is 9.88. The van der Waals surface area contributed by atoms with Crippen molar-refractivity contribution in [2.75, 3.05) is 0 Å². The quantitative estimate of drug-likeness (QED) is 0.802. The van der Waals surface area contributed by atoms with Crippen molar-refractivity contribution in [2.45, 2.75) is 64.6 Å². The zero-order valence-electron chi connectivity index (χ0n) is 11.0. The van der Waals surface area contributed by atoms with Crippen molar-refractivity contribution < 1.29 is 15.1 Å². The summed E-state index contributed by atoms with van der Waals surface area (Å²) in [4.78, 5) is 15.1. The maximum atomic E-state index is 12.4. The van der Waals surface area contributed by atoms with Crippen molar-refractivity contribution >= 4 is 11.7 Å². The van der Waals surface area contributed by atoms with Gasteiger partial charge in [-0.2, -0.15) is 0 Å². The van der Waals surface area contributed by atoms with Crippen LogP contribution in [0.4, 0.5) is 0 Å². The van der Waals surface area contributed by atoms with Gasteiger partial charge in [0, 0.05) is 12.1 Å². The molecule has 0 aliphatic carbocycles. The van der Waals surface area contributed by atoms with Crippen LogP contribution >= 0.6 is 0 Å². The van der Waals surface area contributed by atoms with Crippen LogP contribution in [0.5, 0.6) is 0 Å². The van der Waals surface area contributed by atoms with E-state index in [-0.39, 0.29) is 12.8 Å². The molecule has 1 aliphatic heterocycles. The minimum Gasteiger partial charge on any atom is -0.481 e. The van der Waals surface area contributed by atoms with Crippen LogP contribution in [-0.2, 0) is 10.0 Å². The molecular formula is C12H21N2O3. The highest BCUT2D eigenvalue weighted by atomic mass is 16.5. The molecule has 1 heterocycles. The van der Waals surface area contributed by atoms with Gasteiger partial charge in [-0.15, -0.1) is 10.3 Å². The summed E-state index contributed by atoms with van der Waals surface area (Å²) in [5.74, 6) is -0.891. The average Bonchev–Trinajstić information content (AvgIpc) is 2.46. The number of carboxylic acid groups (broad SMARTS) is 1. The lowest BCUT2D eigenvalue weighted by Crippen LogP contribution is -2.53. The van der Waals surface area contributed by atoms with E-state index in [4.69, 9.17) is 5.11 Å².